The molecule has 3 rings (SSSR count). The van der Waals surface area contributed by atoms with Gasteiger partial charge in [-0.2, -0.15) is 5.10 Å². The van der Waals surface area contributed by atoms with Crippen LogP contribution in [0.15, 0.2) is 48.5 Å². The van der Waals surface area contributed by atoms with Crippen LogP contribution in [0.1, 0.15) is 16.2 Å². The molecule has 138 valence electrons. The first-order valence-corrected chi connectivity index (χ1v) is 8.24. The molecule has 0 aliphatic heterocycles. The minimum absolute atomic E-state index is 0.0769. The van der Waals surface area contributed by atoms with E-state index in [1.165, 1.54) is 24.3 Å². The Bertz CT molecular complexity index is 1020. The molecule has 0 saturated heterocycles. The summed E-state index contributed by atoms with van der Waals surface area (Å²) < 4.78 is 7.23. The molecule has 0 aliphatic rings. The highest BCUT2D eigenvalue weighted by atomic mass is 32.1. The molecule has 0 aliphatic carbocycles. The number of non-ortho nitro benzene ring substituents is 1. The maximum atomic E-state index is 12.3. The fourth-order valence-electron chi connectivity index (χ4n) is 2.44. The predicted molar refractivity (Wildman–Crippen MR) is 99.6 cm³/mol. The first-order chi connectivity index (χ1) is 13.0. The number of ether oxygens (including phenoxy) is 1. The maximum Gasteiger partial charge on any atom is 0.269 e. The lowest BCUT2D eigenvalue weighted by molar-refractivity contribution is -0.384. The van der Waals surface area contributed by atoms with Gasteiger partial charge in [-0.1, -0.05) is 0 Å². The van der Waals surface area contributed by atoms with Crippen molar-refractivity contribution in [2.75, 3.05) is 7.11 Å². The van der Waals surface area contributed by atoms with Crippen LogP contribution in [-0.2, 0) is 6.54 Å². The van der Waals surface area contributed by atoms with Crippen molar-refractivity contribution < 1.29 is 14.5 Å². The number of rotatable bonds is 6. The van der Waals surface area contributed by atoms with Crippen molar-refractivity contribution in [1.82, 2.24) is 20.1 Å². The lowest BCUT2D eigenvalue weighted by atomic mass is 10.2. The number of aromatic nitrogens is 3. The molecule has 27 heavy (non-hydrogen) atoms. The van der Waals surface area contributed by atoms with Crippen LogP contribution in [0.2, 0.25) is 0 Å². The molecule has 2 N–H and O–H groups in total. The standard InChI is InChI=1S/C17H15N5O4S/c1-26-14-8-6-12(7-9-14)21-15(19-20-17(21)27)10-18-16(23)11-2-4-13(5-3-11)22(24)25/h2-9H,10H2,1H3,(H,18,23)(H,20,27). The number of hydrogen-bond donors (Lipinski definition) is 2. The zero-order valence-corrected chi connectivity index (χ0v) is 15.0. The average molecular weight is 385 g/mol. The number of carbonyl (C=O) groups is 1. The van der Waals surface area contributed by atoms with Crippen LogP contribution in [0, 0.1) is 14.9 Å². The molecule has 1 amide bonds. The van der Waals surface area contributed by atoms with Crippen molar-refractivity contribution in [1.29, 1.82) is 0 Å². The highest BCUT2D eigenvalue weighted by Crippen LogP contribution is 2.17. The summed E-state index contributed by atoms with van der Waals surface area (Å²) in [6, 6.07) is 12.6. The third-order valence-electron chi connectivity index (χ3n) is 3.82. The van der Waals surface area contributed by atoms with Crippen LogP contribution in [0.4, 0.5) is 5.69 Å². The van der Waals surface area contributed by atoms with Gasteiger partial charge in [-0.25, -0.2) is 0 Å². The van der Waals surface area contributed by atoms with Gasteiger partial charge in [0, 0.05) is 23.4 Å². The van der Waals surface area contributed by atoms with Gasteiger partial charge in [0.2, 0.25) is 0 Å². The van der Waals surface area contributed by atoms with Crippen molar-refractivity contribution in [2.24, 2.45) is 0 Å². The molecule has 1 heterocycles. The van der Waals surface area contributed by atoms with E-state index in [1.807, 2.05) is 12.1 Å². The Morgan fingerprint density at radius 2 is 1.93 bits per heavy atom. The van der Waals surface area contributed by atoms with Crippen LogP contribution in [-0.4, -0.2) is 32.7 Å². The monoisotopic (exact) mass is 385 g/mol. The van der Waals surface area contributed by atoms with Gasteiger partial charge in [-0.05, 0) is 48.6 Å². The van der Waals surface area contributed by atoms with E-state index in [0.29, 0.717) is 21.9 Å². The molecular weight excluding hydrogens is 370 g/mol. The number of nitro groups is 1. The van der Waals surface area contributed by atoms with Crippen molar-refractivity contribution in [3.8, 4) is 11.4 Å². The normalized spacial score (nSPS) is 10.4. The summed E-state index contributed by atoms with van der Waals surface area (Å²) in [6.07, 6.45) is 0. The first-order valence-electron chi connectivity index (χ1n) is 7.83. The summed E-state index contributed by atoms with van der Waals surface area (Å²) in [6.45, 7) is 0.120. The van der Waals surface area contributed by atoms with Crippen LogP contribution >= 0.6 is 12.2 Å². The topological polar surface area (TPSA) is 115 Å². The van der Waals surface area contributed by atoms with Crippen molar-refractivity contribution in [2.45, 2.75) is 6.54 Å². The number of methoxy groups -OCH3 is 1. The minimum atomic E-state index is -0.520. The third kappa shape index (κ3) is 4.01. The summed E-state index contributed by atoms with van der Waals surface area (Å²) in [5.41, 5.74) is 1.01. The second-order valence-electron chi connectivity index (χ2n) is 5.47. The molecule has 0 saturated carbocycles. The summed E-state index contributed by atoms with van der Waals surface area (Å²) in [4.78, 5) is 22.4. The largest absolute Gasteiger partial charge is 0.497 e. The molecule has 0 spiro atoms. The maximum absolute atomic E-state index is 12.3. The van der Waals surface area contributed by atoms with E-state index >= 15 is 0 Å². The van der Waals surface area contributed by atoms with Gasteiger partial charge < -0.3 is 10.1 Å². The summed E-state index contributed by atoms with van der Waals surface area (Å²) >= 11 is 5.27. The molecule has 0 radical (unpaired) electrons. The highest BCUT2D eigenvalue weighted by molar-refractivity contribution is 7.71. The second kappa shape index (κ2) is 7.79. The van der Waals surface area contributed by atoms with Crippen LogP contribution in [0.3, 0.4) is 0 Å². The molecule has 0 unspecified atom stereocenters. The number of benzene rings is 2. The number of nitrogens with one attached hydrogen (secondary N) is 2. The first kappa shape index (κ1) is 18.3. The molecule has 0 fully saturated rings. The molecule has 3 aromatic rings. The summed E-state index contributed by atoms with van der Waals surface area (Å²) in [5.74, 6) is 0.849. The van der Waals surface area contributed by atoms with E-state index in [9.17, 15) is 14.9 Å². The Balaban J connectivity index is 1.75. The van der Waals surface area contributed by atoms with Crippen LogP contribution in [0.25, 0.3) is 5.69 Å². The van der Waals surface area contributed by atoms with Gasteiger partial charge in [0.25, 0.3) is 11.6 Å². The Morgan fingerprint density at radius 1 is 1.26 bits per heavy atom. The Kier molecular flexibility index (Phi) is 5.27. The quantitative estimate of drug-likeness (QED) is 0.383. The Labute approximate surface area is 158 Å². The number of nitro benzene ring substituents is 1. The zero-order valence-electron chi connectivity index (χ0n) is 14.2. The molecule has 0 atom stereocenters. The van der Waals surface area contributed by atoms with Gasteiger partial charge >= 0.3 is 0 Å². The molecule has 2 aromatic carbocycles. The third-order valence-corrected chi connectivity index (χ3v) is 4.09. The van der Waals surface area contributed by atoms with E-state index in [0.717, 1.165) is 5.69 Å². The van der Waals surface area contributed by atoms with Gasteiger partial charge in [-0.15, -0.1) is 0 Å². The van der Waals surface area contributed by atoms with E-state index in [2.05, 4.69) is 15.5 Å². The highest BCUT2D eigenvalue weighted by Gasteiger charge is 2.12. The summed E-state index contributed by atoms with van der Waals surface area (Å²) in [7, 11) is 1.58. The van der Waals surface area contributed by atoms with Crippen molar-refractivity contribution in [3.05, 3.63) is 74.8 Å². The Morgan fingerprint density at radius 3 is 2.52 bits per heavy atom. The number of nitrogens with zero attached hydrogens (tertiary/aromatic N) is 3. The fraction of sp³-hybridized carbons (Fsp3) is 0.118. The van der Waals surface area contributed by atoms with Gasteiger partial charge in [0.05, 0.1) is 18.6 Å². The van der Waals surface area contributed by atoms with E-state index in [1.54, 1.807) is 23.8 Å². The lowest BCUT2D eigenvalue weighted by Crippen LogP contribution is -2.24. The SMILES string of the molecule is COc1ccc(-n2c(CNC(=O)c3ccc([N+](=O)[O-])cc3)n[nH]c2=S)cc1. The van der Waals surface area contributed by atoms with Gasteiger partial charge in [-0.3, -0.25) is 24.6 Å². The average Bonchev–Trinajstić information content (AvgIpc) is 3.06. The summed E-state index contributed by atoms with van der Waals surface area (Å²) in [5, 5.41) is 20.3. The number of H-pyrrole nitrogens is 1. The van der Waals surface area contributed by atoms with E-state index in [-0.39, 0.29) is 18.1 Å². The molecule has 10 heteroatoms. The number of hydrogen-bond acceptors (Lipinski definition) is 6. The minimum Gasteiger partial charge on any atom is -0.497 e. The molecule has 9 nitrogen and oxygen atoms in total. The zero-order chi connectivity index (χ0) is 19.4. The predicted octanol–water partition coefficient (Wildman–Crippen LogP) is 2.78. The molecule has 0 bridgehead atoms. The second-order valence-corrected chi connectivity index (χ2v) is 5.85. The fourth-order valence-corrected chi connectivity index (χ4v) is 2.70. The van der Waals surface area contributed by atoms with Gasteiger partial charge in [0.1, 0.15) is 5.75 Å². The van der Waals surface area contributed by atoms with E-state index in [4.69, 9.17) is 17.0 Å². The molecular formula is C17H15N5O4S. The van der Waals surface area contributed by atoms with Crippen molar-refractivity contribution >= 4 is 23.8 Å². The lowest BCUT2D eigenvalue weighted by Gasteiger charge is -2.09. The van der Waals surface area contributed by atoms with Gasteiger partial charge in [0.15, 0.2) is 10.6 Å². The van der Waals surface area contributed by atoms with E-state index < -0.39 is 4.92 Å². The van der Waals surface area contributed by atoms with Crippen molar-refractivity contribution in [3.63, 3.8) is 0 Å². The smallest absolute Gasteiger partial charge is 0.269 e. The Hall–Kier alpha value is -3.53. The number of aromatic amines is 1. The number of carbonyl (C=O) groups excluding carboxylic acids is 1. The van der Waals surface area contributed by atoms with Crippen LogP contribution < -0.4 is 10.1 Å². The molecule has 1 aromatic heterocycles. The number of amides is 1. The van der Waals surface area contributed by atoms with Crippen LogP contribution in [0.5, 0.6) is 5.75 Å².